The van der Waals surface area contributed by atoms with Crippen molar-refractivity contribution in [1.29, 1.82) is 0 Å². The smallest absolute Gasteiger partial charge is 0.245 e. The van der Waals surface area contributed by atoms with Gasteiger partial charge in [0.15, 0.2) is 0 Å². The van der Waals surface area contributed by atoms with Crippen LogP contribution in [0.5, 0.6) is 0 Å². The Hall–Kier alpha value is -2.73. The molecule has 0 aliphatic heterocycles. The maximum atomic E-state index is 13.9. The fraction of sp³-hybridized carbons (Fsp3) is 0.576. The van der Waals surface area contributed by atoms with Gasteiger partial charge in [-0.15, -0.1) is 0 Å². The van der Waals surface area contributed by atoms with Crippen molar-refractivity contribution < 1.29 is 14.0 Å². The molecule has 39 heavy (non-hydrogen) atoms. The van der Waals surface area contributed by atoms with Crippen LogP contribution in [0.25, 0.3) is 0 Å². The average molecular weight is 536 g/mol. The Bertz CT molecular complexity index is 1110. The Balaban J connectivity index is 1.48. The first kappa shape index (κ1) is 29.3. The van der Waals surface area contributed by atoms with Gasteiger partial charge >= 0.3 is 0 Å². The Labute approximate surface area is 233 Å². The second-order valence-electron chi connectivity index (χ2n) is 12.3. The lowest BCUT2D eigenvalue weighted by Gasteiger charge is -2.39. The maximum Gasteiger partial charge on any atom is 0.245 e. The van der Waals surface area contributed by atoms with E-state index in [1.54, 1.807) is 12.1 Å². The number of benzene rings is 2. The molecule has 3 N–H and O–H groups in total. The minimum atomic E-state index is -0.731. The minimum Gasteiger partial charge on any atom is -0.344 e. The number of halogens is 1. The van der Waals surface area contributed by atoms with E-state index < -0.39 is 18.0 Å². The van der Waals surface area contributed by atoms with Gasteiger partial charge in [0.05, 0.1) is 5.92 Å². The summed E-state index contributed by atoms with van der Waals surface area (Å²) in [5, 5.41) is 3.08. The lowest BCUT2D eigenvalue weighted by Crippen LogP contribution is -2.53. The van der Waals surface area contributed by atoms with E-state index >= 15 is 0 Å². The molecular weight excluding hydrogens is 489 g/mol. The lowest BCUT2D eigenvalue weighted by molar-refractivity contribution is -0.138. The molecule has 0 radical (unpaired) electrons. The van der Waals surface area contributed by atoms with Gasteiger partial charge in [0.2, 0.25) is 11.8 Å². The highest BCUT2D eigenvalue weighted by molar-refractivity contribution is 5.89. The van der Waals surface area contributed by atoms with Crippen molar-refractivity contribution in [2.75, 3.05) is 13.1 Å². The number of aryl methyl sites for hydroxylation is 1. The molecule has 4 rings (SSSR count). The van der Waals surface area contributed by atoms with Gasteiger partial charge in [-0.1, -0.05) is 69.5 Å². The highest BCUT2D eigenvalue weighted by atomic mass is 19.1. The van der Waals surface area contributed by atoms with Gasteiger partial charge in [0.25, 0.3) is 0 Å². The third-order valence-electron chi connectivity index (χ3n) is 9.31. The van der Waals surface area contributed by atoms with Crippen molar-refractivity contribution in [2.45, 2.75) is 90.6 Å². The van der Waals surface area contributed by atoms with Crippen molar-refractivity contribution in [1.82, 2.24) is 10.2 Å². The van der Waals surface area contributed by atoms with E-state index in [2.05, 4.69) is 25.2 Å². The quantitative estimate of drug-likeness (QED) is 0.394. The fourth-order valence-corrected chi connectivity index (χ4v) is 6.58. The number of nitrogens with one attached hydrogen (secondary N) is 1. The van der Waals surface area contributed by atoms with Crippen LogP contribution in [0.15, 0.2) is 48.5 Å². The van der Waals surface area contributed by atoms with Crippen molar-refractivity contribution in [3.63, 3.8) is 0 Å². The van der Waals surface area contributed by atoms with Crippen LogP contribution in [0.2, 0.25) is 0 Å². The van der Waals surface area contributed by atoms with Crippen LogP contribution in [0, 0.1) is 23.1 Å². The molecule has 0 saturated heterocycles. The van der Waals surface area contributed by atoms with Crippen LogP contribution in [-0.2, 0) is 22.4 Å². The van der Waals surface area contributed by atoms with Crippen molar-refractivity contribution in [3.05, 3.63) is 71.0 Å². The van der Waals surface area contributed by atoms with Gasteiger partial charge in [-0.25, -0.2) is 4.39 Å². The summed E-state index contributed by atoms with van der Waals surface area (Å²) in [4.78, 5) is 29.4. The molecule has 2 aliphatic rings. The zero-order chi connectivity index (χ0) is 28.0. The number of fused-ring (bicyclic) bond motifs is 1. The zero-order valence-electron chi connectivity index (χ0n) is 23.9. The summed E-state index contributed by atoms with van der Waals surface area (Å²) in [6.45, 7) is 7.90. The molecule has 1 saturated carbocycles. The van der Waals surface area contributed by atoms with Crippen molar-refractivity contribution in [3.8, 4) is 0 Å². The van der Waals surface area contributed by atoms with Crippen LogP contribution >= 0.6 is 0 Å². The number of rotatable bonds is 10. The normalized spacial score (nSPS) is 20.6. The summed E-state index contributed by atoms with van der Waals surface area (Å²) in [5.74, 6) is -0.303. The van der Waals surface area contributed by atoms with Gasteiger partial charge in [0.1, 0.15) is 11.9 Å². The van der Waals surface area contributed by atoms with Gasteiger partial charge < -0.3 is 16.0 Å². The summed E-state index contributed by atoms with van der Waals surface area (Å²) in [6, 6.07) is 13.0. The van der Waals surface area contributed by atoms with Crippen LogP contribution in [0.4, 0.5) is 4.39 Å². The molecular formula is C33H46FN3O2. The molecule has 6 heteroatoms. The SMILES string of the molecule is CCN(CCC(C)(C)C1CCCCC1)C(=O)C(Cc1ccc(F)cc1)NC(=O)C1CCc2ccccc2C1N. The number of carbonyl (C=O) groups is 2. The molecule has 0 spiro atoms. The lowest BCUT2D eigenvalue weighted by atomic mass is 9.69. The van der Waals surface area contributed by atoms with Crippen molar-refractivity contribution in [2.24, 2.45) is 23.0 Å². The Morgan fingerprint density at radius 3 is 2.44 bits per heavy atom. The molecule has 0 aromatic heterocycles. The zero-order valence-corrected chi connectivity index (χ0v) is 23.9. The highest BCUT2D eigenvalue weighted by Gasteiger charge is 2.36. The highest BCUT2D eigenvalue weighted by Crippen LogP contribution is 2.40. The van der Waals surface area contributed by atoms with Gasteiger partial charge in [-0.05, 0) is 79.2 Å². The number of hydrogen-bond donors (Lipinski definition) is 2. The molecule has 5 nitrogen and oxygen atoms in total. The molecule has 2 aromatic rings. The third-order valence-corrected chi connectivity index (χ3v) is 9.31. The van der Waals surface area contributed by atoms with E-state index in [9.17, 15) is 14.0 Å². The standard InChI is InChI=1S/C33H46FN3O2/c1-4-37(21-20-33(2,3)25-11-6-5-7-12-25)32(39)29(22-23-14-17-26(34)18-15-23)36-31(38)28-19-16-24-10-8-9-13-27(24)30(28)35/h8-10,13-15,17-18,25,28-30H,4-7,11-12,16,19-22,35H2,1-3H3,(H,36,38). The minimum absolute atomic E-state index is 0.0839. The molecule has 3 atom stereocenters. The summed E-state index contributed by atoms with van der Waals surface area (Å²) in [6.07, 6.45) is 9.12. The first-order valence-corrected chi connectivity index (χ1v) is 14.9. The van der Waals surface area contributed by atoms with Crippen LogP contribution < -0.4 is 11.1 Å². The van der Waals surface area contributed by atoms with Crippen LogP contribution in [-0.4, -0.2) is 35.8 Å². The number of amides is 2. The molecule has 212 valence electrons. The fourth-order valence-electron chi connectivity index (χ4n) is 6.58. The second kappa shape index (κ2) is 13.1. The average Bonchev–Trinajstić information content (AvgIpc) is 2.94. The third kappa shape index (κ3) is 7.27. The van der Waals surface area contributed by atoms with Crippen LogP contribution in [0.1, 0.15) is 88.4 Å². The molecule has 2 amide bonds. The van der Waals surface area contributed by atoms with Crippen molar-refractivity contribution >= 4 is 11.8 Å². The van der Waals surface area contributed by atoms with Gasteiger partial charge in [-0.2, -0.15) is 0 Å². The number of carbonyl (C=O) groups excluding carboxylic acids is 2. The van der Waals surface area contributed by atoms with E-state index in [1.807, 2.05) is 30.0 Å². The Kier molecular flexibility index (Phi) is 9.81. The molecule has 2 aromatic carbocycles. The Morgan fingerprint density at radius 1 is 1.05 bits per heavy atom. The predicted octanol–water partition coefficient (Wildman–Crippen LogP) is 5.96. The second-order valence-corrected chi connectivity index (χ2v) is 12.3. The maximum absolute atomic E-state index is 13.9. The molecule has 0 heterocycles. The van der Waals surface area contributed by atoms with E-state index in [1.165, 1.54) is 49.8 Å². The number of hydrogen-bond acceptors (Lipinski definition) is 3. The summed E-state index contributed by atoms with van der Waals surface area (Å²) in [7, 11) is 0. The largest absolute Gasteiger partial charge is 0.344 e. The van der Waals surface area contributed by atoms with E-state index in [4.69, 9.17) is 5.73 Å². The van der Waals surface area contributed by atoms with E-state index in [0.29, 0.717) is 31.8 Å². The number of nitrogens with zero attached hydrogens (tertiary/aromatic N) is 1. The first-order chi connectivity index (χ1) is 18.7. The molecule has 2 aliphatic carbocycles. The van der Waals surface area contributed by atoms with Gasteiger partial charge in [-0.3, -0.25) is 9.59 Å². The summed E-state index contributed by atoms with van der Waals surface area (Å²) < 4.78 is 13.6. The molecule has 3 unspecified atom stereocenters. The summed E-state index contributed by atoms with van der Waals surface area (Å²) in [5.41, 5.74) is 9.73. The predicted molar refractivity (Wildman–Crippen MR) is 154 cm³/mol. The Morgan fingerprint density at radius 2 is 1.74 bits per heavy atom. The van der Waals surface area contributed by atoms with E-state index in [0.717, 1.165) is 24.0 Å². The number of likely N-dealkylation sites (N-methyl/N-ethyl adjacent to an activating group) is 1. The topological polar surface area (TPSA) is 75.4 Å². The first-order valence-electron chi connectivity index (χ1n) is 14.9. The summed E-state index contributed by atoms with van der Waals surface area (Å²) >= 11 is 0. The molecule has 1 fully saturated rings. The van der Waals surface area contributed by atoms with Crippen LogP contribution in [0.3, 0.4) is 0 Å². The number of nitrogens with two attached hydrogens (primary N) is 1. The van der Waals surface area contributed by atoms with Gasteiger partial charge in [0, 0.05) is 25.6 Å². The monoisotopic (exact) mass is 535 g/mol. The molecule has 0 bridgehead atoms. The van der Waals surface area contributed by atoms with E-state index in [-0.39, 0.29) is 23.0 Å².